The Morgan fingerprint density at radius 1 is 1.06 bits per heavy atom. The summed E-state index contributed by atoms with van der Waals surface area (Å²) >= 11 is 0. The van der Waals surface area contributed by atoms with Gasteiger partial charge in [0.2, 0.25) is 0 Å². The second kappa shape index (κ2) is 10.9. The van der Waals surface area contributed by atoms with Crippen LogP contribution in [0.25, 0.3) is 5.76 Å². The lowest BCUT2D eigenvalue weighted by molar-refractivity contribution is -0.140. The average Bonchev–Trinajstić information content (AvgIpc) is 3.13. The van der Waals surface area contributed by atoms with Crippen molar-refractivity contribution in [3.8, 4) is 11.5 Å². The molecule has 2 heterocycles. The Balaban J connectivity index is 1.71. The zero-order valence-electron chi connectivity index (χ0n) is 19.8. The molecule has 1 amide bonds. The molecule has 9 heteroatoms. The van der Waals surface area contributed by atoms with E-state index in [1.807, 2.05) is 0 Å². The molecule has 0 saturated carbocycles. The summed E-state index contributed by atoms with van der Waals surface area (Å²) < 4.78 is 30.8. The van der Waals surface area contributed by atoms with Gasteiger partial charge in [0.05, 0.1) is 39.0 Å². The third-order valence-electron chi connectivity index (χ3n) is 6.37. The Hall–Kier alpha value is -3.43. The molecule has 0 bridgehead atoms. The van der Waals surface area contributed by atoms with Gasteiger partial charge in [0, 0.05) is 37.3 Å². The van der Waals surface area contributed by atoms with Crippen LogP contribution in [0.15, 0.2) is 48.0 Å². The second-order valence-electron chi connectivity index (χ2n) is 8.39. The van der Waals surface area contributed by atoms with E-state index in [1.165, 1.54) is 43.4 Å². The fraction of sp³-hybridized carbons (Fsp3) is 0.385. The summed E-state index contributed by atoms with van der Waals surface area (Å²) in [6.07, 6.45) is 0.592. The maximum absolute atomic E-state index is 14.9. The van der Waals surface area contributed by atoms with E-state index in [4.69, 9.17) is 14.2 Å². The lowest BCUT2D eigenvalue weighted by Gasteiger charge is -2.29. The van der Waals surface area contributed by atoms with Crippen LogP contribution in [0.1, 0.15) is 23.6 Å². The van der Waals surface area contributed by atoms with Gasteiger partial charge in [0.15, 0.2) is 11.5 Å². The molecule has 2 saturated heterocycles. The molecule has 2 aromatic rings. The van der Waals surface area contributed by atoms with Crippen molar-refractivity contribution in [3.05, 3.63) is 65.0 Å². The SMILES string of the molecule is COc1ccc(/C(O)=C2\C(=O)C(=O)N(CCCN3CCOCC3)[C@@H]2c2ccccc2F)cc1OC. The number of aliphatic hydroxyl groups is 1. The number of rotatable bonds is 8. The van der Waals surface area contributed by atoms with Gasteiger partial charge in [-0.15, -0.1) is 0 Å². The minimum atomic E-state index is -1.05. The topological polar surface area (TPSA) is 88.5 Å². The quantitative estimate of drug-likeness (QED) is 0.350. The number of likely N-dealkylation sites (tertiary alicyclic amines) is 1. The van der Waals surface area contributed by atoms with Gasteiger partial charge < -0.3 is 24.2 Å². The van der Waals surface area contributed by atoms with Crippen LogP contribution < -0.4 is 9.47 Å². The first-order valence-electron chi connectivity index (χ1n) is 11.5. The van der Waals surface area contributed by atoms with E-state index >= 15 is 0 Å². The third-order valence-corrected chi connectivity index (χ3v) is 6.37. The first-order valence-corrected chi connectivity index (χ1v) is 11.5. The fourth-order valence-electron chi connectivity index (χ4n) is 4.56. The summed E-state index contributed by atoms with van der Waals surface area (Å²) in [5.74, 6) is -1.78. The van der Waals surface area contributed by atoms with Crippen molar-refractivity contribution in [2.45, 2.75) is 12.5 Å². The van der Waals surface area contributed by atoms with Crippen molar-refractivity contribution < 1.29 is 33.3 Å². The van der Waals surface area contributed by atoms with E-state index in [-0.39, 0.29) is 23.2 Å². The number of methoxy groups -OCH3 is 2. The molecule has 2 aliphatic rings. The lowest BCUT2D eigenvalue weighted by Crippen LogP contribution is -2.39. The van der Waals surface area contributed by atoms with Gasteiger partial charge in [-0.3, -0.25) is 14.5 Å². The van der Waals surface area contributed by atoms with Gasteiger partial charge in [0.1, 0.15) is 11.6 Å². The number of hydrogen-bond donors (Lipinski definition) is 1. The predicted octanol–water partition coefficient (Wildman–Crippen LogP) is 2.99. The summed E-state index contributed by atoms with van der Waals surface area (Å²) in [5.41, 5.74) is 0.258. The molecule has 35 heavy (non-hydrogen) atoms. The van der Waals surface area contributed by atoms with E-state index in [0.717, 1.165) is 13.1 Å². The second-order valence-corrected chi connectivity index (χ2v) is 8.39. The predicted molar refractivity (Wildman–Crippen MR) is 127 cm³/mol. The van der Waals surface area contributed by atoms with E-state index in [1.54, 1.807) is 18.2 Å². The number of Topliss-reactive ketones (excluding diaryl/α,β-unsaturated/α-hetero) is 1. The van der Waals surface area contributed by atoms with Gasteiger partial charge >= 0.3 is 0 Å². The number of halogens is 1. The number of carbonyl (C=O) groups excluding carboxylic acids is 2. The Kier molecular flexibility index (Phi) is 7.67. The van der Waals surface area contributed by atoms with Gasteiger partial charge in [-0.25, -0.2) is 4.39 Å². The van der Waals surface area contributed by atoms with Crippen LogP contribution in [-0.2, 0) is 14.3 Å². The molecule has 0 aromatic heterocycles. The number of ether oxygens (including phenoxy) is 3. The van der Waals surface area contributed by atoms with E-state index in [0.29, 0.717) is 37.7 Å². The van der Waals surface area contributed by atoms with Crippen molar-refractivity contribution in [3.63, 3.8) is 0 Å². The largest absolute Gasteiger partial charge is 0.507 e. The Bertz CT molecular complexity index is 1130. The van der Waals surface area contributed by atoms with E-state index in [9.17, 15) is 19.1 Å². The average molecular weight is 485 g/mol. The summed E-state index contributed by atoms with van der Waals surface area (Å²) in [7, 11) is 2.94. The monoisotopic (exact) mass is 484 g/mol. The van der Waals surface area contributed by atoms with Crippen molar-refractivity contribution in [1.82, 2.24) is 9.80 Å². The smallest absolute Gasteiger partial charge is 0.295 e. The molecule has 8 nitrogen and oxygen atoms in total. The maximum Gasteiger partial charge on any atom is 0.295 e. The first kappa shape index (κ1) is 24.7. The number of amides is 1. The normalized spacial score (nSPS) is 20.3. The molecule has 186 valence electrons. The summed E-state index contributed by atoms with van der Waals surface area (Å²) in [6, 6.07) is 9.60. The minimum Gasteiger partial charge on any atom is -0.507 e. The Morgan fingerprint density at radius 3 is 2.46 bits per heavy atom. The molecule has 0 unspecified atom stereocenters. The molecular weight excluding hydrogens is 455 g/mol. The zero-order valence-corrected chi connectivity index (χ0v) is 19.8. The Morgan fingerprint density at radius 2 is 1.77 bits per heavy atom. The van der Waals surface area contributed by atoms with Gasteiger partial charge in [-0.2, -0.15) is 0 Å². The van der Waals surface area contributed by atoms with Gasteiger partial charge in [0.25, 0.3) is 11.7 Å². The molecule has 2 fully saturated rings. The highest BCUT2D eigenvalue weighted by atomic mass is 19.1. The first-order chi connectivity index (χ1) is 17.0. The van der Waals surface area contributed by atoms with Crippen LogP contribution in [0.5, 0.6) is 11.5 Å². The van der Waals surface area contributed by atoms with Crippen LogP contribution in [0.3, 0.4) is 0 Å². The van der Waals surface area contributed by atoms with Gasteiger partial charge in [-0.05, 0) is 30.7 Å². The third kappa shape index (κ3) is 5.01. The number of ketones is 1. The van der Waals surface area contributed by atoms with E-state index < -0.39 is 29.3 Å². The summed E-state index contributed by atoms with van der Waals surface area (Å²) in [5, 5.41) is 11.2. The molecule has 0 spiro atoms. The molecule has 2 aromatic carbocycles. The lowest BCUT2D eigenvalue weighted by atomic mass is 9.94. The molecular formula is C26H29FN2O6. The van der Waals surface area contributed by atoms with Crippen molar-refractivity contribution in [2.24, 2.45) is 0 Å². The molecule has 2 aliphatic heterocycles. The standard InChI is InChI=1S/C26H29FN2O6/c1-33-20-9-8-17(16-21(20)34-2)24(30)22-23(18-6-3-4-7-19(18)27)29(26(32)25(22)31)11-5-10-28-12-14-35-15-13-28/h3-4,6-9,16,23,30H,5,10-15H2,1-2H3/b24-22+/t23-/m1/s1. The molecule has 4 rings (SSSR count). The van der Waals surface area contributed by atoms with Crippen LogP contribution in [-0.4, -0.2) is 80.2 Å². The molecule has 0 aliphatic carbocycles. The highest BCUT2D eigenvalue weighted by Crippen LogP contribution is 2.41. The van der Waals surface area contributed by atoms with Crippen LogP contribution in [0.2, 0.25) is 0 Å². The van der Waals surface area contributed by atoms with Crippen LogP contribution in [0, 0.1) is 5.82 Å². The highest BCUT2D eigenvalue weighted by Gasteiger charge is 2.46. The van der Waals surface area contributed by atoms with Crippen molar-refractivity contribution in [2.75, 3.05) is 53.6 Å². The fourth-order valence-corrected chi connectivity index (χ4v) is 4.56. The van der Waals surface area contributed by atoms with Crippen LogP contribution >= 0.6 is 0 Å². The van der Waals surface area contributed by atoms with E-state index in [2.05, 4.69) is 4.90 Å². The van der Waals surface area contributed by atoms with Crippen LogP contribution in [0.4, 0.5) is 4.39 Å². The number of hydrogen-bond acceptors (Lipinski definition) is 7. The number of aliphatic hydroxyl groups excluding tert-OH is 1. The minimum absolute atomic E-state index is 0.153. The van der Waals surface area contributed by atoms with Crippen molar-refractivity contribution in [1.29, 1.82) is 0 Å². The maximum atomic E-state index is 14.9. The highest BCUT2D eigenvalue weighted by molar-refractivity contribution is 6.46. The Labute approximate surface area is 203 Å². The van der Waals surface area contributed by atoms with Crippen molar-refractivity contribution >= 4 is 17.4 Å². The molecule has 1 atom stereocenters. The number of carbonyl (C=O) groups is 2. The number of morpholine rings is 1. The number of benzene rings is 2. The molecule has 1 N–H and O–H groups in total. The van der Waals surface area contributed by atoms with Gasteiger partial charge in [-0.1, -0.05) is 18.2 Å². The summed E-state index contributed by atoms with van der Waals surface area (Å²) in [4.78, 5) is 29.8. The molecule has 0 radical (unpaired) electrons. The summed E-state index contributed by atoms with van der Waals surface area (Å²) in [6.45, 7) is 3.87. The number of nitrogens with zero attached hydrogens (tertiary/aromatic N) is 2. The zero-order chi connectivity index (χ0) is 24.9.